The van der Waals surface area contributed by atoms with E-state index in [0.717, 1.165) is 12.8 Å². The minimum atomic E-state index is -0.376. The van der Waals surface area contributed by atoms with Gasteiger partial charge in [-0.05, 0) is 19.8 Å². The molecular weight excluding hydrogens is 210 g/mol. The van der Waals surface area contributed by atoms with Gasteiger partial charge in [-0.15, -0.1) is 0 Å². The second-order valence-corrected chi connectivity index (χ2v) is 3.48. The lowest BCUT2D eigenvalue weighted by atomic mass is 10.2. The molecule has 1 rings (SSSR count). The third-order valence-electron chi connectivity index (χ3n) is 2.45. The summed E-state index contributed by atoms with van der Waals surface area (Å²) in [5, 5.41) is 0. The van der Waals surface area contributed by atoms with Gasteiger partial charge in [-0.2, -0.15) is 0 Å². The van der Waals surface area contributed by atoms with Crippen molar-refractivity contribution in [1.82, 2.24) is 4.90 Å². The second-order valence-electron chi connectivity index (χ2n) is 3.48. The first-order chi connectivity index (χ1) is 7.69. The number of rotatable bonds is 3. The van der Waals surface area contributed by atoms with Crippen molar-refractivity contribution in [3.05, 3.63) is 12.2 Å². The fraction of sp³-hybridized carbons (Fsp3) is 0.636. The fourth-order valence-corrected chi connectivity index (χ4v) is 1.72. The van der Waals surface area contributed by atoms with Gasteiger partial charge in [0.15, 0.2) is 0 Å². The Balaban J connectivity index is 2.52. The van der Waals surface area contributed by atoms with Crippen molar-refractivity contribution in [2.75, 3.05) is 20.3 Å². The van der Waals surface area contributed by atoms with Crippen LogP contribution in [0.5, 0.6) is 0 Å². The van der Waals surface area contributed by atoms with Crippen LogP contribution in [0, 0.1) is 0 Å². The number of hydrogen-bond acceptors (Lipinski definition) is 4. The summed E-state index contributed by atoms with van der Waals surface area (Å²) in [6.45, 7) is 2.78. The number of methoxy groups -OCH3 is 1. The Bertz CT molecular complexity index is 288. The largest absolute Gasteiger partial charge is 0.463 e. The van der Waals surface area contributed by atoms with Crippen LogP contribution in [0.2, 0.25) is 0 Å². The van der Waals surface area contributed by atoms with E-state index in [2.05, 4.69) is 4.74 Å². The van der Waals surface area contributed by atoms with Gasteiger partial charge in [-0.1, -0.05) is 6.08 Å². The molecule has 0 aromatic heterocycles. The number of carbonyl (C=O) groups excluding carboxylic acids is 2. The van der Waals surface area contributed by atoms with Gasteiger partial charge in [0.2, 0.25) is 0 Å². The molecular formula is C11H17NO4. The average molecular weight is 227 g/mol. The summed E-state index contributed by atoms with van der Waals surface area (Å²) in [4.78, 5) is 24.1. The number of amides is 1. The molecule has 5 heteroatoms. The third kappa shape index (κ3) is 3.25. The smallest absolute Gasteiger partial charge is 0.409 e. The molecule has 1 aliphatic rings. The van der Waals surface area contributed by atoms with Crippen molar-refractivity contribution in [2.24, 2.45) is 0 Å². The van der Waals surface area contributed by atoms with Gasteiger partial charge in [-0.25, -0.2) is 9.59 Å². The molecule has 1 amide bonds. The van der Waals surface area contributed by atoms with Crippen LogP contribution in [0.15, 0.2) is 12.2 Å². The Morgan fingerprint density at radius 3 is 2.88 bits per heavy atom. The third-order valence-corrected chi connectivity index (χ3v) is 2.45. The lowest BCUT2D eigenvalue weighted by Crippen LogP contribution is -2.34. The maximum absolute atomic E-state index is 11.3. The number of esters is 1. The lowest BCUT2D eigenvalue weighted by molar-refractivity contribution is -0.137. The van der Waals surface area contributed by atoms with Gasteiger partial charge in [0.05, 0.1) is 19.8 Å². The van der Waals surface area contributed by atoms with E-state index in [0.29, 0.717) is 13.2 Å². The summed E-state index contributed by atoms with van der Waals surface area (Å²) in [6, 6.07) is -0.0585. The van der Waals surface area contributed by atoms with Gasteiger partial charge in [-0.3, -0.25) is 0 Å². The first-order valence-electron chi connectivity index (χ1n) is 5.38. The minimum absolute atomic E-state index is 0.0585. The van der Waals surface area contributed by atoms with E-state index >= 15 is 0 Å². The number of likely N-dealkylation sites (tertiary alicyclic amines) is 1. The molecule has 0 aliphatic carbocycles. The van der Waals surface area contributed by atoms with Crippen LogP contribution in [0.3, 0.4) is 0 Å². The molecule has 1 fully saturated rings. The van der Waals surface area contributed by atoms with Crippen molar-refractivity contribution in [2.45, 2.75) is 25.8 Å². The highest BCUT2D eigenvalue weighted by molar-refractivity contribution is 5.82. The van der Waals surface area contributed by atoms with E-state index in [1.54, 1.807) is 17.9 Å². The Kier molecular flexibility index (Phi) is 4.82. The molecule has 0 unspecified atom stereocenters. The minimum Gasteiger partial charge on any atom is -0.463 e. The molecule has 1 atom stereocenters. The Morgan fingerprint density at radius 1 is 1.50 bits per heavy atom. The van der Waals surface area contributed by atoms with Crippen molar-refractivity contribution in [1.29, 1.82) is 0 Å². The second kappa shape index (κ2) is 6.15. The Labute approximate surface area is 95.0 Å². The standard InChI is InChI=1S/C11H17NO4/c1-3-16-10(13)7-6-9-5-4-8-12(9)11(14)15-2/h6-7,9H,3-5,8H2,1-2H3/b7-6-/t9-/m0/s1. The SMILES string of the molecule is CCOC(=O)/C=C\[C@@H]1CCCN1C(=O)OC. The van der Waals surface area contributed by atoms with Crippen molar-refractivity contribution < 1.29 is 19.1 Å². The first kappa shape index (κ1) is 12.5. The topological polar surface area (TPSA) is 55.8 Å². The highest BCUT2D eigenvalue weighted by Gasteiger charge is 2.27. The lowest BCUT2D eigenvalue weighted by Gasteiger charge is -2.20. The monoisotopic (exact) mass is 227 g/mol. The van der Waals surface area contributed by atoms with Crippen molar-refractivity contribution in [3.8, 4) is 0 Å². The molecule has 0 aromatic rings. The summed E-state index contributed by atoms with van der Waals surface area (Å²) in [5.41, 5.74) is 0. The summed E-state index contributed by atoms with van der Waals surface area (Å²) < 4.78 is 9.42. The zero-order chi connectivity index (χ0) is 12.0. The van der Waals surface area contributed by atoms with Gasteiger partial charge in [0.25, 0.3) is 0 Å². The van der Waals surface area contributed by atoms with E-state index in [-0.39, 0.29) is 18.1 Å². The van der Waals surface area contributed by atoms with Crippen LogP contribution in [0.25, 0.3) is 0 Å². The maximum atomic E-state index is 11.3. The molecule has 5 nitrogen and oxygen atoms in total. The van der Waals surface area contributed by atoms with Gasteiger partial charge in [0, 0.05) is 12.6 Å². The zero-order valence-electron chi connectivity index (χ0n) is 9.64. The fourth-order valence-electron chi connectivity index (χ4n) is 1.72. The van der Waals surface area contributed by atoms with Crippen molar-refractivity contribution >= 4 is 12.1 Å². The molecule has 0 saturated carbocycles. The summed E-state index contributed by atoms with van der Waals surface area (Å²) in [6.07, 6.45) is 4.49. The van der Waals surface area contributed by atoms with Gasteiger partial charge < -0.3 is 14.4 Å². The van der Waals surface area contributed by atoms with Crippen molar-refractivity contribution in [3.63, 3.8) is 0 Å². The number of nitrogens with zero attached hydrogens (tertiary/aromatic N) is 1. The molecule has 1 saturated heterocycles. The van der Waals surface area contributed by atoms with Crippen LogP contribution in [-0.2, 0) is 14.3 Å². The van der Waals surface area contributed by atoms with Crippen LogP contribution in [0.1, 0.15) is 19.8 Å². The quantitative estimate of drug-likeness (QED) is 0.539. The Morgan fingerprint density at radius 2 is 2.25 bits per heavy atom. The highest BCUT2D eigenvalue weighted by Crippen LogP contribution is 2.18. The summed E-state index contributed by atoms with van der Waals surface area (Å²) in [5.74, 6) is -0.376. The zero-order valence-corrected chi connectivity index (χ0v) is 9.64. The molecule has 0 aromatic carbocycles. The number of hydrogen-bond donors (Lipinski definition) is 0. The molecule has 1 heterocycles. The van der Waals surface area contributed by atoms with Gasteiger partial charge >= 0.3 is 12.1 Å². The highest BCUT2D eigenvalue weighted by atomic mass is 16.5. The summed E-state index contributed by atoms with van der Waals surface area (Å²) >= 11 is 0. The number of carbonyl (C=O) groups is 2. The van der Waals surface area contributed by atoms with Gasteiger partial charge in [0.1, 0.15) is 0 Å². The van der Waals surface area contributed by atoms with E-state index in [9.17, 15) is 9.59 Å². The molecule has 90 valence electrons. The average Bonchev–Trinajstić information content (AvgIpc) is 2.74. The first-order valence-corrected chi connectivity index (χ1v) is 5.38. The van der Waals surface area contributed by atoms with Crippen LogP contribution >= 0.6 is 0 Å². The van der Waals surface area contributed by atoms with Crippen LogP contribution in [0.4, 0.5) is 4.79 Å². The van der Waals surface area contributed by atoms with Crippen LogP contribution < -0.4 is 0 Å². The van der Waals surface area contributed by atoms with E-state index in [4.69, 9.17) is 4.74 Å². The Hall–Kier alpha value is -1.52. The van der Waals surface area contributed by atoms with Crippen LogP contribution in [-0.4, -0.2) is 43.3 Å². The molecule has 0 N–H and O–H groups in total. The summed E-state index contributed by atoms with van der Waals surface area (Å²) in [7, 11) is 1.35. The normalized spacial score (nSPS) is 20.1. The van der Waals surface area contributed by atoms with E-state index < -0.39 is 0 Å². The maximum Gasteiger partial charge on any atom is 0.409 e. The molecule has 0 bridgehead atoms. The molecule has 0 spiro atoms. The molecule has 0 radical (unpaired) electrons. The van der Waals surface area contributed by atoms with E-state index in [1.807, 2.05) is 0 Å². The predicted molar refractivity (Wildman–Crippen MR) is 57.9 cm³/mol. The molecule has 16 heavy (non-hydrogen) atoms. The van der Waals surface area contributed by atoms with E-state index in [1.165, 1.54) is 13.2 Å². The molecule has 1 aliphatic heterocycles. The number of ether oxygens (including phenoxy) is 2. The predicted octanol–water partition coefficient (Wildman–Crippen LogP) is 1.34.